The quantitative estimate of drug-likeness (QED) is 0.672. The molecule has 0 bridgehead atoms. The van der Waals surface area contributed by atoms with E-state index in [-0.39, 0.29) is 18.1 Å². The molecule has 26 heavy (non-hydrogen) atoms. The number of benzene rings is 2. The monoisotopic (exact) mass is 368 g/mol. The van der Waals surface area contributed by atoms with Gasteiger partial charge < -0.3 is 14.6 Å². The molecule has 2 aromatic carbocycles. The molecular weight excluding hydrogens is 352 g/mol. The van der Waals surface area contributed by atoms with Crippen molar-refractivity contribution in [2.75, 3.05) is 11.9 Å². The van der Waals surface area contributed by atoms with Crippen LogP contribution in [0.15, 0.2) is 72.2 Å². The van der Waals surface area contributed by atoms with Gasteiger partial charge in [0, 0.05) is 28.8 Å². The summed E-state index contributed by atoms with van der Waals surface area (Å²) in [5.41, 5.74) is 0.506. The summed E-state index contributed by atoms with van der Waals surface area (Å²) in [6.07, 6.45) is 3.35. The van der Waals surface area contributed by atoms with E-state index in [9.17, 15) is 9.59 Å². The van der Waals surface area contributed by atoms with Crippen LogP contribution in [0.1, 0.15) is 0 Å². The number of allylic oxidation sites excluding steroid dienone is 1. The molecule has 0 fully saturated rings. The number of aromatic nitrogens is 1. The summed E-state index contributed by atoms with van der Waals surface area (Å²) >= 11 is 5.82. The Morgan fingerprint density at radius 1 is 1.15 bits per heavy atom. The second-order valence-electron chi connectivity index (χ2n) is 5.62. The summed E-state index contributed by atoms with van der Waals surface area (Å²) in [6, 6.07) is 13.8. The van der Waals surface area contributed by atoms with Gasteiger partial charge in [-0.15, -0.1) is 6.58 Å². The second-order valence-corrected chi connectivity index (χ2v) is 6.06. The number of carbonyl (C=O) groups excluding carboxylic acids is 1. The van der Waals surface area contributed by atoms with Crippen LogP contribution < -0.4 is 15.6 Å². The lowest BCUT2D eigenvalue weighted by molar-refractivity contribution is -0.118. The van der Waals surface area contributed by atoms with Gasteiger partial charge in [-0.3, -0.25) is 9.59 Å². The van der Waals surface area contributed by atoms with Crippen LogP contribution in [0.4, 0.5) is 5.69 Å². The van der Waals surface area contributed by atoms with Crippen molar-refractivity contribution in [2.24, 2.45) is 0 Å². The molecule has 0 atom stereocenters. The minimum absolute atomic E-state index is 0.126. The van der Waals surface area contributed by atoms with Gasteiger partial charge in [0.05, 0.1) is 5.39 Å². The number of nitrogens with one attached hydrogen (secondary N) is 1. The molecule has 6 heteroatoms. The molecule has 0 unspecified atom stereocenters. The first-order chi connectivity index (χ1) is 12.6. The van der Waals surface area contributed by atoms with Gasteiger partial charge in [0.25, 0.3) is 11.5 Å². The van der Waals surface area contributed by atoms with Gasteiger partial charge in [0.1, 0.15) is 5.75 Å². The average Bonchev–Trinajstić information content (AvgIpc) is 2.64. The van der Waals surface area contributed by atoms with Crippen LogP contribution in [-0.4, -0.2) is 17.1 Å². The van der Waals surface area contributed by atoms with Gasteiger partial charge in [-0.2, -0.15) is 0 Å². The number of pyridine rings is 1. The minimum Gasteiger partial charge on any atom is -0.483 e. The van der Waals surface area contributed by atoms with Crippen LogP contribution >= 0.6 is 11.6 Å². The SMILES string of the molecule is C=CCn1ccc2c(OCC(=O)Nc3ccc(Cl)cc3)cccc2c1=O. The number of halogens is 1. The summed E-state index contributed by atoms with van der Waals surface area (Å²) in [6.45, 7) is 3.91. The highest BCUT2D eigenvalue weighted by atomic mass is 35.5. The predicted octanol–water partition coefficient (Wildman–Crippen LogP) is 3.86. The molecule has 0 spiro atoms. The molecule has 1 N–H and O–H groups in total. The zero-order chi connectivity index (χ0) is 18.5. The van der Waals surface area contributed by atoms with Gasteiger partial charge in [0.15, 0.2) is 6.61 Å². The maximum absolute atomic E-state index is 12.4. The Morgan fingerprint density at radius 2 is 1.92 bits per heavy atom. The summed E-state index contributed by atoms with van der Waals surface area (Å²) < 4.78 is 7.19. The zero-order valence-corrected chi connectivity index (χ0v) is 14.7. The molecule has 1 amide bonds. The topological polar surface area (TPSA) is 60.3 Å². The third kappa shape index (κ3) is 3.95. The van der Waals surface area contributed by atoms with Gasteiger partial charge in [-0.1, -0.05) is 23.7 Å². The molecular formula is C20H17ClN2O3. The highest BCUT2D eigenvalue weighted by molar-refractivity contribution is 6.30. The molecule has 0 aliphatic rings. The highest BCUT2D eigenvalue weighted by Gasteiger charge is 2.09. The smallest absolute Gasteiger partial charge is 0.262 e. The van der Waals surface area contributed by atoms with E-state index >= 15 is 0 Å². The van der Waals surface area contributed by atoms with Crippen LogP contribution in [0.2, 0.25) is 5.02 Å². The lowest BCUT2D eigenvalue weighted by Crippen LogP contribution is -2.21. The molecule has 1 aromatic heterocycles. The third-order valence-electron chi connectivity index (χ3n) is 3.79. The first kappa shape index (κ1) is 17.8. The van der Waals surface area contributed by atoms with Crippen LogP contribution in [-0.2, 0) is 11.3 Å². The van der Waals surface area contributed by atoms with Crippen molar-refractivity contribution in [3.63, 3.8) is 0 Å². The van der Waals surface area contributed by atoms with Crippen molar-refractivity contribution >= 4 is 34.0 Å². The van der Waals surface area contributed by atoms with Crippen molar-refractivity contribution in [3.05, 3.63) is 82.8 Å². The van der Waals surface area contributed by atoms with E-state index in [1.807, 2.05) is 0 Å². The maximum atomic E-state index is 12.4. The maximum Gasteiger partial charge on any atom is 0.262 e. The van der Waals surface area contributed by atoms with E-state index in [0.29, 0.717) is 33.8 Å². The van der Waals surface area contributed by atoms with E-state index < -0.39 is 0 Å². The van der Waals surface area contributed by atoms with Gasteiger partial charge in [-0.05, 0) is 42.5 Å². The molecule has 0 saturated carbocycles. The van der Waals surface area contributed by atoms with Crippen molar-refractivity contribution < 1.29 is 9.53 Å². The summed E-state index contributed by atoms with van der Waals surface area (Å²) in [5.74, 6) is 0.181. The van der Waals surface area contributed by atoms with E-state index in [1.165, 1.54) is 0 Å². The molecule has 0 aliphatic carbocycles. The fourth-order valence-electron chi connectivity index (χ4n) is 2.57. The molecule has 132 valence electrons. The molecule has 0 aliphatic heterocycles. The zero-order valence-electron chi connectivity index (χ0n) is 13.9. The fraction of sp³-hybridized carbons (Fsp3) is 0.100. The number of rotatable bonds is 6. The number of fused-ring (bicyclic) bond motifs is 1. The standard InChI is InChI=1S/C20H17ClN2O3/c1-2-11-23-12-10-16-17(20(23)25)4-3-5-18(16)26-13-19(24)22-15-8-6-14(21)7-9-15/h2-10,12H,1,11,13H2,(H,22,24). The predicted molar refractivity (Wildman–Crippen MR) is 104 cm³/mol. The molecule has 3 aromatic rings. The molecule has 0 saturated heterocycles. The lowest BCUT2D eigenvalue weighted by atomic mass is 10.1. The Hall–Kier alpha value is -3.05. The Labute approximate surface area is 155 Å². The van der Waals surface area contributed by atoms with Crippen LogP contribution in [0.3, 0.4) is 0 Å². The Kier molecular flexibility index (Phi) is 5.39. The molecule has 3 rings (SSSR count). The molecule has 5 nitrogen and oxygen atoms in total. The van der Waals surface area contributed by atoms with Crippen molar-refractivity contribution in [3.8, 4) is 5.75 Å². The van der Waals surface area contributed by atoms with Gasteiger partial charge in [-0.25, -0.2) is 0 Å². The van der Waals surface area contributed by atoms with E-state index in [1.54, 1.807) is 65.4 Å². The number of ether oxygens (including phenoxy) is 1. The summed E-state index contributed by atoms with van der Waals surface area (Å²) in [7, 11) is 0. The number of anilines is 1. The highest BCUT2D eigenvalue weighted by Crippen LogP contribution is 2.23. The van der Waals surface area contributed by atoms with E-state index in [2.05, 4.69) is 11.9 Å². The average molecular weight is 369 g/mol. The number of hydrogen-bond acceptors (Lipinski definition) is 3. The van der Waals surface area contributed by atoms with Crippen molar-refractivity contribution in [1.82, 2.24) is 4.57 Å². The van der Waals surface area contributed by atoms with Crippen molar-refractivity contribution in [2.45, 2.75) is 6.54 Å². The first-order valence-corrected chi connectivity index (χ1v) is 8.37. The van der Waals surface area contributed by atoms with Gasteiger partial charge >= 0.3 is 0 Å². The Balaban J connectivity index is 1.75. The number of amides is 1. The first-order valence-electron chi connectivity index (χ1n) is 8.00. The number of hydrogen-bond donors (Lipinski definition) is 1. The molecule has 0 radical (unpaired) electrons. The van der Waals surface area contributed by atoms with E-state index in [4.69, 9.17) is 16.3 Å². The Morgan fingerprint density at radius 3 is 2.65 bits per heavy atom. The van der Waals surface area contributed by atoms with Crippen LogP contribution in [0.5, 0.6) is 5.75 Å². The minimum atomic E-state index is -0.302. The second kappa shape index (κ2) is 7.89. The van der Waals surface area contributed by atoms with Crippen molar-refractivity contribution in [1.29, 1.82) is 0 Å². The lowest BCUT2D eigenvalue weighted by Gasteiger charge is -2.11. The largest absolute Gasteiger partial charge is 0.483 e. The summed E-state index contributed by atoms with van der Waals surface area (Å²) in [4.78, 5) is 24.5. The van der Waals surface area contributed by atoms with E-state index in [0.717, 1.165) is 0 Å². The summed E-state index contributed by atoms with van der Waals surface area (Å²) in [5, 5.41) is 4.52. The normalized spacial score (nSPS) is 10.5. The van der Waals surface area contributed by atoms with Crippen LogP contribution in [0.25, 0.3) is 10.8 Å². The number of nitrogens with zero attached hydrogens (tertiary/aromatic N) is 1. The Bertz CT molecular complexity index is 1010. The van der Waals surface area contributed by atoms with Crippen LogP contribution in [0, 0.1) is 0 Å². The third-order valence-corrected chi connectivity index (χ3v) is 4.04. The van der Waals surface area contributed by atoms with Gasteiger partial charge in [0.2, 0.25) is 0 Å². The fourth-order valence-corrected chi connectivity index (χ4v) is 2.70. The number of carbonyl (C=O) groups is 1. The molecule has 1 heterocycles.